The van der Waals surface area contributed by atoms with E-state index in [0.29, 0.717) is 17.9 Å². The Bertz CT molecular complexity index is 1310. The number of aromatic nitrogens is 3. The second-order valence-electron chi connectivity index (χ2n) is 10.8. The van der Waals surface area contributed by atoms with Crippen LogP contribution in [0, 0.1) is 0 Å². The first-order valence-corrected chi connectivity index (χ1v) is 13.7. The van der Waals surface area contributed by atoms with Crippen LogP contribution in [-0.2, 0) is 4.79 Å². The van der Waals surface area contributed by atoms with E-state index in [-0.39, 0.29) is 23.9 Å². The molecule has 3 fully saturated rings. The van der Waals surface area contributed by atoms with Crippen molar-refractivity contribution in [2.75, 3.05) is 57.0 Å². The van der Waals surface area contributed by atoms with E-state index in [1.165, 1.54) is 0 Å². The number of fused-ring (bicyclic) bond motifs is 2. The second kappa shape index (κ2) is 10.2. The molecule has 5 heterocycles. The lowest BCUT2D eigenvalue weighted by atomic mass is 9.98. The van der Waals surface area contributed by atoms with Crippen LogP contribution in [0.3, 0.4) is 0 Å². The van der Waals surface area contributed by atoms with E-state index in [2.05, 4.69) is 38.2 Å². The minimum absolute atomic E-state index is 0.0568. The maximum Gasteiger partial charge on any atom is 0.253 e. The minimum atomic E-state index is 0.0568. The van der Waals surface area contributed by atoms with Crippen LogP contribution in [0.4, 0.5) is 17.3 Å². The van der Waals surface area contributed by atoms with Crippen molar-refractivity contribution < 1.29 is 9.59 Å². The molecule has 1 N–H and O–H groups in total. The molecule has 1 aromatic carbocycles. The van der Waals surface area contributed by atoms with Gasteiger partial charge in [-0.1, -0.05) is 0 Å². The Hall–Kier alpha value is -3.66. The average molecular weight is 517 g/mol. The molecule has 3 saturated heterocycles. The van der Waals surface area contributed by atoms with Gasteiger partial charge in [0.25, 0.3) is 5.91 Å². The predicted octanol–water partition coefficient (Wildman–Crippen LogP) is 2.84. The van der Waals surface area contributed by atoms with Crippen LogP contribution in [0.2, 0.25) is 0 Å². The van der Waals surface area contributed by atoms with Gasteiger partial charge in [-0.25, -0.2) is 4.52 Å². The lowest BCUT2D eigenvalue weighted by molar-refractivity contribution is -0.136. The maximum absolute atomic E-state index is 13.0. The summed E-state index contributed by atoms with van der Waals surface area (Å²) < 4.78 is 1.80. The van der Waals surface area contributed by atoms with Crippen LogP contribution in [-0.4, -0.2) is 100 Å². The van der Waals surface area contributed by atoms with Crippen molar-refractivity contribution in [3.63, 3.8) is 0 Å². The van der Waals surface area contributed by atoms with Gasteiger partial charge in [0, 0.05) is 62.6 Å². The summed E-state index contributed by atoms with van der Waals surface area (Å²) in [5.74, 6) is 0.849. The molecule has 10 nitrogen and oxygen atoms in total. The van der Waals surface area contributed by atoms with Gasteiger partial charge in [-0.05, 0) is 82.2 Å². The molecule has 200 valence electrons. The summed E-state index contributed by atoms with van der Waals surface area (Å²) in [6, 6.07) is 12.2. The molecule has 1 unspecified atom stereocenters. The summed E-state index contributed by atoms with van der Waals surface area (Å²) >= 11 is 0. The molecule has 0 saturated carbocycles. The highest BCUT2D eigenvalue weighted by molar-refractivity contribution is 5.94. The molecule has 3 aromatic rings. The standard InChI is InChI=1S/C28H36N8O2/c1-32-15-12-22(13-16-32)33(2)27(38)20-8-10-21(11-9-20)29-28-30-26-24(6-4-14-36(26)31-28)34-17-18-35-23(19-34)5-3-7-25(35)37/h4,6,8-11,14,22-23H,3,5,7,12-13,15-19H2,1-2H3,(H,29,31). The fourth-order valence-corrected chi connectivity index (χ4v) is 6.05. The minimum Gasteiger partial charge on any atom is -0.365 e. The Morgan fingerprint density at radius 2 is 1.84 bits per heavy atom. The van der Waals surface area contributed by atoms with Crippen molar-refractivity contribution in [2.45, 2.75) is 44.2 Å². The molecule has 10 heteroatoms. The summed E-state index contributed by atoms with van der Waals surface area (Å²) in [5.41, 5.74) is 3.33. The average Bonchev–Trinajstić information content (AvgIpc) is 3.35. The van der Waals surface area contributed by atoms with Crippen LogP contribution in [0.15, 0.2) is 42.6 Å². The Labute approximate surface area is 223 Å². The van der Waals surface area contributed by atoms with Gasteiger partial charge in [0.05, 0.1) is 5.69 Å². The Morgan fingerprint density at radius 1 is 1.05 bits per heavy atom. The molecule has 2 aromatic heterocycles. The molecule has 3 aliphatic heterocycles. The monoisotopic (exact) mass is 516 g/mol. The summed E-state index contributed by atoms with van der Waals surface area (Å²) in [6.45, 7) is 4.41. The van der Waals surface area contributed by atoms with E-state index in [4.69, 9.17) is 4.98 Å². The number of carbonyl (C=O) groups excluding carboxylic acids is 2. The lowest BCUT2D eigenvalue weighted by Gasteiger charge is -2.44. The quantitative estimate of drug-likeness (QED) is 0.558. The van der Waals surface area contributed by atoms with Crippen LogP contribution in [0.1, 0.15) is 42.5 Å². The maximum atomic E-state index is 13.0. The summed E-state index contributed by atoms with van der Waals surface area (Å²) in [6.07, 6.45) is 6.61. The third-order valence-corrected chi connectivity index (χ3v) is 8.36. The summed E-state index contributed by atoms with van der Waals surface area (Å²) in [5, 5.41) is 7.93. The molecule has 0 bridgehead atoms. The third-order valence-electron chi connectivity index (χ3n) is 8.36. The number of hydrogen-bond donors (Lipinski definition) is 1. The van der Waals surface area contributed by atoms with E-state index in [9.17, 15) is 9.59 Å². The number of hydrogen-bond acceptors (Lipinski definition) is 7. The Balaban J connectivity index is 1.14. The number of carbonyl (C=O) groups is 2. The molecular weight excluding hydrogens is 480 g/mol. The van der Waals surface area contributed by atoms with Gasteiger partial charge in [-0.3, -0.25) is 9.59 Å². The van der Waals surface area contributed by atoms with Gasteiger partial charge in [0.15, 0.2) is 5.65 Å². The van der Waals surface area contributed by atoms with Gasteiger partial charge in [0.1, 0.15) is 0 Å². The number of nitrogens with one attached hydrogen (secondary N) is 1. The molecule has 3 aliphatic rings. The fraction of sp³-hybridized carbons (Fsp3) is 0.500. The molecule has 38 heavy (non-hydrogen) atoms. The number of likely N-dealkylation sites (tertiary alicyclic amines) is 1. The highest BCUT2D eigenvalue weighted by atomic mass is 16.2. The van der Waals surface area contributed by atoms with Gasteiger partial charge >= 0.3 is 0 Å². The fourth-order valence-electron chi connectivity index (χ4n) is 6.05. The lowest BCUT2D eigenvalue weighted by Crippen LogP contribution is -2.57. The van der Waals surface area contributed by atoms with Gasteiger partial charge in [-0.2, -0.15) is 4.98 Å². The number of anilines is 3. The third kappa shape index (κ3) is 4.80. The summed E-state index contributed by atoms with van der Waals surface area (Å²) in [4.78, 5) is 38.7. The number of nitrogens with zero attached hydrogens (tertiary/aromatic N) is 7. The van der Waals surface area contributed by atoms with E-state index >= 15 is 0 Å². The molecule has 1 atom stereocenters. The van der Waals surface area contributed by atoms with E-state index in [0.717, 1.165) is 75.4 Å². The highest BCUT2D eigenvalue weighted by Gasteiger charge is 2.34. The van der Waals surface area contributed by atoms with Crippen molar-refractivity contribution in [3.05, 3.63) is 48.2 Å². The normalized spacial score (nSPS) is 21.0. The first-order valence-electron chi connectivity index (χ1n) is 13.7. The van der Waals surface area contributed by atoms with Crippen molar-refractivity contribution >= 4 is 34.8 Å². The molecule has 0 aliphatic carbocycles. The molecule has 0 spiro atoms. The number of piperazine rings is 1. The van der Waals surface area contributed by atoms with Gasteiger partial charge < -0.3 is 24.9 Å². The molecule has 2 amide bonds. The predicted molar refractivity (Wildman–Crippen MR) is 147 cm³/mol. The first-order chi connectivity index (χ1) is 18.5. The van der Waals surface area contributed by atoms with Crippen LogP contribution >= 0.6 is 0 Å². The van der Waals surface area contributed by atoms with Crippen LogP contribution < -0.4 is 10.2 Å². The second-order valence-corrected chi connectivity index (χ2v) is 10.8. The zero-order valence-electron chi connectivity index (χ0n) is 22.2. The number of pyridine rings is 1. The zero-order valence-corrected chi connectivity index (χ0v) is 22.2. The van der Waals surface area contributed by atoms with Crippen molar-refractivity contribution in [2.24, 2.45) is 0 Å². The van der Waals surface area contributed by atoms with E-state index in [1.807, 2.05) is 48.5 Å². The SMILES string of the molecule is CN1CCC(N(C)C(=O)c2ccc(Nc3nc4c(N5CCN6C(=O)CCCC6C5)cccn4n3)cc2)CC1. The van der Waals surface area contributed by atoms with Gasteiger partial charge in [-0.15, -0.1) is 5.10 Å². The molecule has 0 radical (unpaired) electrons. The number of amides is 2. The topological polar surface area (TPSA) is 89.3 Å². The summed E-state index contributed by atoms with van der Waals surface area (Å²) in [7, 11) is 4.04. The number of rotatable bonds is 5. The van der Waals surface area contributed by atoms with Crippen LogP contribution in [0.25, 0.3) is 5.65 Å². The van der Waals surface area contributed by atoms with E-state index < -0.39 is 0 Å². The number of benzene rings is 1. The van der Waals surface area contributed by atoms with Crippen molar-refractivity contribution in [1.82, 2.24) is 29.3 Å². The smallest absolute Gasteiger partial charge is 0.253 e. The van der Waals surface area contributed by atoms with Crippen molar-refractivity contribution in [1.29, 1.82) is 0 Å². The zero-order chi connectivity index (χ0) is 26.2. The Morgan fingerprint density at radius 3 is 2.63 bits per heavy atom. The first kappa shape index (κ1) is 24.7. The van der Waals surface area contributed by atoms with Gasteiger partial charge in [0.2, 0.25) is 11.9 Å². The van der Waals surface area contributed by atoms with E-state index in [1.54, 1.807) is 4.52 Å². The Kier molecular flexibility index (Phi) is 6.65. The van der Waals surface area contributed by atoms with Crippen LogP contribution in [0.5, 0.6) is 0 Å². The largest absolute Gasteiger partial charge is 0.365 e. The highest BCUT2D eigenvalue weighted by Crippen LogP contribution is 2.29. The number of piperidine rings is 2. The van der Waals surface area contributed by atoms with Crippen molar-refractivity contribution in [3.8, 4) is 0 Å². The molecular formula is C28H36N8O2. The molecule has 6 rings (SSSR count).